The number of rotatable bonds is 12. The van der Waals surface area contributed by atoms with Gasteiger partial charge in [0.05, 0.1) is 0 Å². The number of phenolic OH excluding ortho intramolecular Hbond substituents is 4. The first-order valence-electron chi connectivity index (χ1n) is 13.6. The molecule has 0 fully saturated rings. The summed E-state index contributed by atoms with van der Waals surface area (Å²) in [6.45, 7) is 1.64. The van der Waals surface area contributed by atoms with Crippen molar-refractivity contribution in [1.82, 2.24) is 0 Å². The summed E-state index contributed by atoms with van der Waals surface area (Å²) in [5, 5.41) is 44.1. The second kappa shape index (κ2) is 12.8. The van der Waals surface area contributed by atoms with Gasteiger partial charge in [-0.25, -0.2) is 0 Å². The van der Waals surface area contributed by atoms with E-state index >= 15 is 0 Å². The molecule has 200 valence electrons. The summed E-state index contributed by atoms with van der Waals surface area (Å²) in [6, 6.07) is 33.1. The van der Waals surface area contributed by atoms with Crippen LogP contribution in [0.1, 0.15) is 49.7 Å². The fraction of sp³-hybridized carbons (Fsp3) is 0.273. The Balaban J connectivity index is 1.39. The SMILES string of the molecule is Cc1c(O)c(O)c(O)c(O)c1CCCCCCCC[PH](c1ccccc1)(c1ccccc1)c1ccccc1. The van der Waals surface area contributed by atoms with Crippen LogP contribution < -0.4 is 15.9 Å². The van der Waals surface area contributed by atoms with Crippen molar-refractivity contribution in [2.24, 2.45) is 0 Å². The van der Waals surface area contributed by atoms with Crippen molar-refractivity contribution in [3.05, 3.63) is 102 Å². The van der Waals surface area contributed by atoms with E-state index in [2.05, 4.69) is 91.0 Å². The normalized spacial score (nSPS) is 11.9. The van der Waals surface area contributed by atoms with Gasteiger partial charge in [0.1, 0.15) is 0 Å². The van der Waals surface area contributed by atoms with E-state index in [9.17, 15) is 20.4 Å². The molecule has 4 aromatic rings. The van der Waals surface area contributed by atoms with Crippen molar-refractivity contribution in [1.29, 1.82) is 0 Å². The van der Waals surface area contributed by atoms with Crippen molar-refractivity contribution < 1.29 is 20.4 Å². The van der Waals surface area contributed by atoms with Gasteiger partial charge in [0, 0.05) is 0 Å². The topological polar surface area (TPSA) is 80.9 Å². The zero-order valence-corrected chi connectivity index (χ0v) is 23.1. The molecule has 0 bridgehead atoms. The van der Waals surface area contributed by atoms with Crippen LogP contribution in [0.4, 0.5) is 0 Å². The maximum atomic E-state index is 10.2. The summed E-state index contributed by atoms with van der Waals surface area (Å²) in [4.78, 5) is 0. The molecule has 4 rings (SSSR count). The van der Waals surface area contributed by atoms with E-state index in [-0.39, 0.29) is 11.5 Å². The minimum absolute atomic E-state index is 0.332. The summed E-state index contributed by atoms with van der Waals surface area (Å²) < 4.78 is 0. The average Bonchev–Trinajstić information content (AvgIpc) is 2.97. The number of unbranched alkanes of at least 4 members (excludes halogenated alkanes) is 5. The molecule has 4 aromatic carbocycles. The van der Waals surface area contributed by atoms with Gasteiger partial charge in [-0.15, -0.1) is 0 Å². The molecule has 0 radical (unpaired) electrons. The number of aromatic hydroxyl groups is 4. The van der Waals surface area contributed by atoms with Gasteiger partial charge in [0.2, 0.25) is 0 Å². The molecular weight excluding hydrogens is 491 g/mol. The molecule has 4 N–H and O–H groups in total. The first kappa shape index (κ1) is 27.5. The number of hydrogen-bond donors (Lipinski definition) is 4. The van der Waals surface area contributed by atoms with E-state index in [1.165, 1.54) is 15.9 Å². The van der Waals surface area contributed by atoms with E-state index in [0.717, 1.165) is 44.7 Å². The van der Waals surface area contributed by atoms with Gasteiger partial charge in [-0.3, -0.25) is 0 Å². The predicted molar refractivity (Wildman–Crippen MR) is 161 cm³/mol. The van der Waals surface area contributed by atoms with Crippen LogP contribution >= 0.6 is 7.26 Å². The summed E-state index contributed by atoms with van der Waals surface area (Å²) >= 11 is 0. The standard InChI is InChI=1S/C33H39O4P/c1-25-29(31(35)33(37)32(36)30(25)34)23-15-4-2-3-5-16-24-38(26-17-9-6-10-18-26,27-19-11-7-12-20-27)28-21-13-8-14-22-28/h6-14,17-22,34-38H,2-5,15-16,23-24H2,1H3. The Bertz CT molecular complexity index is 1180. The number of benzene rings is 4. The molecule has 0 aliphatic heterocycles. The van der Waals surface area contributed by atoms with Crippen LogP contribution in [0.5, 0.6) is 23.0 Å². The van der Waals surface area contributed by atoms with E-state index < -0.39 is 18.8 Å². The maximum absolute atomic E-state index is 10.2. The van der Waals surface area contributed by atoms with Gasteiger partial charge in [-0.1, -0.05) is 0 Å². The van der Waals surface area contributed by atoms with Gasteiger partial charge >= 0.3 is 222 Å². The molecule has 0 amide bonds. The van der Waals surface area contributed by atoms with E-state index in [1.807, 2.05) is 0 Å². The molecule has 0 saturated heterocycles. The molecule has 0 aliphatic carbocycles. The number of hydrogen-bond acceptors (Lipinski definition) is 4. The van der Waals surface area contributed by atoms with Gasteiger partial charge in [0.25, 0.3) is 0 Å². The zero-order chi connectivity index (χ0) is 27.0. The monoisotopic (exact) mass is 530 g/mol. The Morgan fingerprint density at radius 2 is 0.868 bits per heavy atom. The van der Waals surface area contributed by atoms with Crippen LogP contribution in [-0.4, -0.2) is 26.6 Å². The molecule has 5 heteroatoms. The van der Waals surface area contributed by atoms with Crippen LogP contribution in [-0.2, 0) is 6.42 Å². The summed E-state index contributed by atoms with van der Waals surface area (Å²) in [6.07, 6.45) is 8.09. The summed E-state index contributed by atoms with van der Waals surface area (Å²) in [5.74, 6) is -2.00. The fourth-order valence-electron chi connectivity index (χ4n) is 5.67. The molecule has 0 saturated carbocycles. The number of phenols is 4. The van der Waals surface area contributed by atoms with Crippen LogP contribution in [0.25, 0.3) is 0 Å². The summed E-state index contributed by atoms with van der Waals surface area (Å²) in [5.41, 5.74) is 0.920. The first-order valence-corrected chi connectivity index (χ1v) is 15.8. The quantitative estimate of drug-likeness (QED) is 0.0737. The molecule has 0 atom stereocenters. The van der Waals surface area contributed by atoms with Crippen LogP contribution in [0, 0.1) is 6.92 Å². The third-order valence-corrected chi connectivity index (χ3v) is 12.9. The Labute approximate surface area is 226 Å². The zero-order valence-electron chi connectivity index (χ0n) is 22.1. The summed E-state index contributed by atoms with van der Waals surface area (Å²) in [7, 11) is -2.17. The second-order valence-corrected chi connectivity index (χ2v) is 14.2. The third kappa shape index (κ3) is 5.81. The molecule has 0 aliphatic rings. The Kier molecular flexibility index (Phi) is 9.31. The van der Waals surface area contributed by atoms with E-state index in [4.69, 9.17) is 0 Å². The van der Waals surface area contributed by atoms with Gasteiger partial charge < -0.3 is 5.11 Å². The Morgan fingerprint density at radius 1 is 0.474 bits per heavy atom. The van der Waals surface area contributed by atoms with Gasteiger partial charge in [0.15, 0.2) is 0 Å². The van der Waals surface area contributed by atoms with Crippen molar-refractivity contribution in [2.45, 2.75) is 51.9 Å². The third-order valence-electron chi connectivity index (χ3n) is 7.79. The molecule has 0 heterocycles. The van der Waals surface area contributed by atoms with Crippen LogP contribution in [0.2, 0.25) is 0 Å². The molecule has 0 spiro atoms. The van der Waals surface area contributed by atoms with Crippen LogP contribution in [0.15, 0.2) is 91.0 Å². The van der Waals surface area contributed by atoms with E-state index in [1.54, 1.807) is 6.92 Å². The predicted octanol–water partition coefficient (Wildman–Crippen LogP) is 6.43. The van der Waals surface area contributed by atoms with Crippen molar-refractivity contribution in [2.75, 3.05) is 6.16 Å². The van der Waals surface area contributed by atoms with Crippen molar-refractivity contribution >= 4 is 23.2 Å². The average molecular weight is 531 g/mol. The van der Waals surface area contributed by atoms with Crippen molar-refractivity contribution in [3.8, 4) is 23.0 Å². The molecule has 0 aromatic heterocycles. The molecule has 38 heavy (non-hydrogen) atoms. The molecular formula is C33H39O4P. The Hall–Kier alpha value is -3.49. The molecule has 0 unspecified atom stereocenters. The second-order valence-electron chi connectivity index (χ2n) is 10.1. The minimum atomic E-state index is -2.17. The van der Waals surface area contributed by atoms with Gasteiger partial charge in [-0.2, -0.15) is 0 Å². The van der Waals surface area contributed by atoms with E-state index in [0.29, 0.717) is 17.5 Å². The van der Waals surface area contributed by atoms with Crippen molar-refractivity contribution in [3.63, 3.8) is 0 Å². The Morgan fingerprint density at radius 3 is 1.34 bits per heavy atom. The first-order chi connectivity index (χ1) is 18.5. The van der Waals surface area contributed by atoms with Gasteiger partial charge in [-0.05, 0) is 0 Å². The fourth-order valence-corrected chi connectivity index (χ4v) is 10.6. The van der Waals surface area contributed by atoms with Crippen LogP contribution in [0.3, 0.4) is 0 Å². The molecule has 4 nitrogen and oxygen atoms in total.